The molecule has 2 rings (SSSR count). The third-order valence-electron chi connectivity index (χ3n) is 2.68. The summed E-state index contributed by atoms with van der Waals surface area (Å²) in [6.45, 7) is 0.298. The monoisotopic (exact) mass is 293 g/mol. The molecule has 0 aliphatic rings. The van der Waals surface area contributed by atoms with Crippen LogP contribution < -0.4 is 4.72 Å². The fourth-order valence-corrected chi connectivity index (χ4v) is 3.05. The Hall–Kier alpha value is -1.30. The highest BCUT2D eigenvalue weighted by atomic mass is 32.2. The van der Waals surface area contributed by atoms with E-state index in [2.05, 4.69) is 4.72 Å². The summed E-state index contributed by atoms with van der Waals surface area (Å²) < 4.78 is 26.6. The van der Waals surface area contributed by atoms with Crippen LogP contribution in [0.2, 0.25) is 0 Å². The van der Waals surface area contributed by atoms with Gasteiger partial charge < -0.3 is 0 Å². The first kappa shape index (κ1) is 14.1. The van der Waals surface area contributed by atoms with Crippen molar-refractivity contribution in [1.82, 2.24) is 4.72 Å². The SMILES string of the molecule is CSc1ccc(CNS(=O)(=O)c2ccccc2)cc1. The summed E-state index contributed by atoms with van der Waals surface area (Å²) in [5.41, 5.74) is 0.942. The van der Waals surface area contributed by atoms with Gasteiger partial charge in [-0.1, -0.05) is 30.3 Å². The number of thioether (sulfide) groups is 1. The van der Waals surface area contributed by atoms with Gasteiger partial charge >= 0.3 is 0 Å². The van der Waals surface area contributed by atoms with E-state index in [1.165, 1.54) is 0 Å². The zero-order valence-corrected chi connectivity index (χ0v) is 12.2. The number of rotatable bonds is 5. The van der Waals surface area contributed by atoms with Crippen LogP contribution in [0.5, 0.6) is 0 Å². The molecule has 0 radical (unpaired) electrons. The Morgan fingerprint density at radius 2 is 1.63 bits per heavy atom. The van der Waals surface area contributed by atoms with Gasteiger partial charge in [-0.15, -0.1) is 11.8 Å². The topological polar surface area (TPSA) is 46.2 Å². The van der Waals surface area contributed by atoms with Crippen LogP contribution >= 0.6 is 11.8 Å². The minimum Gasteiger partial charge on any atom is -0.207 e. The van der Waals surface area contributed by atoms with Crippen LogP contribution in [0.4, 0.5) is 0 Å². The second-order valence-corrected chi connectivity index (χ2v) is 6.63. The van der Waals surface area contributed by atoms with Gasteiger partial charge in [0.25, 0.3) is 0 Å². The zero-order chi connectivity index (χ0) is 13.7. The van der Waals surface area contributed by atoms with E-state index in [-0.39, 0.29) is 4.90 Å². The third-order valence-corrected chi connectivity index (χ3v) is 4.84. The Bertz CT molecular complexity index is 622. The van der Waals surface area contributed by atoms with Crippen molar-refractivity contribution < 1.29 is 8.42 Å². The molecule has 3 nitrogen and oxygen atoms in total. The average Bonchev–Trinajstić information content (AvgIpc) is 2.47. The van der Waals surface area contributed by atoms with Crippen molar-refractivity contribution in [2.24, 2.45) is 0 Å². The third kappa shape index (κ3) is 3.83. The van der Waals surface area contributed by atoms with Crippen molar-refractivity contribution in [2.45, 2.75) is 16.3 Å². The van der Waals surface area contributed by atoms with Gasteiger partial charge in [-0.05, 0) is 36.1 Å². The molecule has 0 saturated heterocycles. The molecule has 0 aliphatic heterocycles. The van der Waals surface area contributed by atoms with Crippen molar-refractivity contribution in [3.05, 3.63) is 60.2 Å². The highest BCUT2D eigenvalue weighted by molar-refractivity contribution is 7.98. The summed E-state index contributed by atoms with van der Waals surface area (Å²) in [6, 6.07) is 16.2. The van der Waals surface area contributed by atoms with Gasteiger partial charge in [0.1, 0.15) is 0 Å². The minimum atomic E-state index is -3.43. The average molecular weight is 293 g/mol. The Morgan fingerprint density at radius 1 is 1.00 bits per heavy atom. The van der Waals surface area contributed by atoms with E-state index in [1.54, 1.807) is 42.1 Å². The molecule has 0 amide bonds. The number of sulfonamides is 1. The number of hydrogen-bond acceptors (Lipinski definition) is 3. The molecule has 1 N–H and O–H groups in total. The van der Waals surface area contributed by atoms with Gasteiger partial charge in [0.2, 0.25) is 10.0 Å². The van der Waals surface area contributed by atoms with Crippen molar-refractivity contribution in [3.8, 4) is 0 Å². The van der Waals surface area contributed by atoms with Crippen molar-refractivity contribution in [2.75, 3.05) is 6.26 Å². The molecule has 0 fully saturated rings. The largest absolute Gasteiger partial charge is 0.240 e. The first-order valence-corrected chi connectivity index (χ1v) is 8.50. The van der Waals surface area contributed by atoms with Gasteiger partial charge in [0, 0.05) is 11.4 Å². The van der Waals surface area contributed by atoms with Gasteiger partial charge in [-0.2, -0.15) is 0 Å². The van der Waals surface area contributed by atoms with Crippen LogP contribution in [0.25, 0.3) is 0 Å². The molecule has 5 heteroatoms. The molecule has 2 aromatic rings. The summed E-state index contributed by atoms with van der Waals surface area (Å²) in [6.07, 6.45) is 2.01. The lowest BCUT2D eigenvalue weighted by atomic mass is 10.2. The number of benzene rings is 2. The molecule has 19 heavy (non-hydrogen) atoms. The van der Waals surface area contributed by atoms with E-state index in [0.29, 0.717) is 6.54 Å². The summed E-state index contributed by atoms with van der Waals surface area (Å²) in [7, 11) is -3.43. The quantitative estimate of drug-likeness (QED) is 0.862. The van der Waals surface area contributed by atoms with E-state index in [9.17, 15) is 8.42 Å². The maximum atomic E-state index is 12.0. The predicted octanol–water partition coefficient (Wildman–Crippen LogP) is 2.89. The highest BCUT2D eigenvalue weighted by Gasteiger charge is 2.12. The molecule has 0 atom stereocenters. The lowest BCUT2D eigenvalue weighted by Crippen LogP contribution is -2.23. The van der Waals surface area contributed by atoms with E-state index >= 15 is 0 Å². The molecule has 0 spiro atoms. The Labute approximate surface area is 118 Å². The van der Waals surface area contributed by atoms with Gasteiger partial charge in [0.15, 0.2) is 0 Å². The number of nitrogens with one attached hydrogen (secondary N) is 1. The zero-order valence-electron chi connectivity index (χ0n) is 10.5. The summed E-state index contributed by atoms with van der Waals surface area (Å²) in [5, 5.41) is 0. The molecular formula is C14H15NO2S2. The predicted molar refractivity (Wildman–Crippen MR) is 78.7 cm³/mol. The second kappa shape index (κ2) is 6.23. The smallest absolute Gasteiger partial charge is 0.207 e. The molecule has 0 aliphatic carbocycles. The lowest BCUT2D eigenvalue weighted by molar-refractivity contribution is 0.581. The Kier molecular flexibility index (Phi) is 4.63. The van der Waals surface area contributed by atoms with Crippen LogP contribution in [0.1, 0.15) is 5.56 Å². The van der Waals surface area contributed by atoms with E-state index in [4.69, 9.17) is 0 Å². The minimum absolute atomic E-state index is 0.288. The molecule has 100 valence electrons. The Balaban J connectivity index is 2.05. The first-order chi connectivity index (χ1) is 9.12. The fraction of sp³-hybridized carbons (Fsp3) is 0.143. The maximum absolute atomic E-state index is 12.0. The molecule has 0 saturated carbocycles. The lowest BCUT2D eigenvalue weighted by Gasteiger charge is -2.07. The number of hydrogen-bond donors (Lipinski definition) is 1. The van der Waals surface area contributed by atoms with Gasteiger partial charge in [-0.25, -0.2) is 13.1 Å². The van der Waals surface area contributed by atoms with Crippen LogP contribution in [-0.4, -0.2) is 14.7 Å². The summed E-state index contributed by atoms with van der Waals surface area (Å²) in [4.78, 5) is 1.45. The summed E-state index contributed by atoms with van der Waals surface area (Å²) >= 11 is 1.66. The standard InChI is InChI=1S/C14H15NO2S2/c1-18-13-9-7-12(8-10-13)11-15-19(16,17)14-5-3-2-4-6-14/h2-10,15H,11H2,1H3. The molecule has 0 aromatic heterocycles. The van der Waals surface area contributed by atoms with Gasteiger partial charge in [0.05, 0.1) is 4.90 Å². The van der Waals surface area contributed by atoms with Crippen LogP contribution in [0, 0.1) is 0 Å². The van der Waals surface area contributed by atoms with Crippen LogP contribution in [0.15, 0.2) is 64.4 Å². The van der Waals surface area contributed by atoms with Crippen molar-refractivity contribution in [3.63, 3.8) is 0 Å². The van der Waals surface area contributed by atoms with Crippen LogP contribution in [-0.2, 0) is 16.6 Å². The fourth-order valence-electron chi connectivity index (χ4n) is 1.60. The van der Waals surface area contributed by atoms with E-state index in [0.717, 1.165) is 10.5 Å². The van der Waals surface area contributed by atoms with Crippen molar-refractivity contribution >= 4 is 21.8 Å². The van der Waals surface area contributed by atoms with Crippen LogP contribution in [0.3, 0.4) is 0 Å². The molecular weight excluding hydrogens is 278 g/mol. The highest BCUT2D eigenvalue weighted by Crippen LogP contribution is 2.15. The molecule has 0 heterocycles. The van der Waals surface area contributed by atoms with E-state index in [1.807, 2.05) is 30.5 Å². The van der Waals surface area contributed by atoms with E-state index < -0.39 is 10.0 Å². The summed E-state index contributed by atoms with van der Waals surface area (Å²) in [5.74, 6) is 0. The Morgan fingerprint density at radius 3 is 2.21 bits per heavy atom. The van der Waals surface area contributed by atoms with Crippen molar-refractivity contribution in [1.29, 1.82) is 0 Å². The molecule has 2 aromatic carbocycles. The molecule has 0 unspecified atom stereocenters. The van der Waals surface area contributed by atoms with Gasteiger partial charge in [-0.3, -0.25) is 0 Å². The normalized spacial score (nSPS) is 11.4. The first-order valence-electron chi connectivity index (χ1n) is 5.79. The second-order valence-electron chi connectivity index (χ2n) is 3.99. The maximum Gasteiger partial charge on any atom is 0.240 e. The molecule has 0 bridgehead atoms.